The monoisotopic (exact) mass is 476 g/mol. The number of thioether (sulfide) groups is 1. The van der Waals surface area contributed by atoms with E-state index in [-0.39, 0.29) is 0 Å². The molecule has 3 aromatic heterocycles. The molecular weight excluding hydrogens is 456 g/mol. The van der Waals surface area contributed by atoms with Crippen LogP contribution in [0.2, 0.25) is 0 Å². The Kier molecular flexibility index (Phi) is 6.14. The second-order valence-electron chi connectivity index (χ2n) is 6.98. The molecule has 5 rings (SSSR count). The van der Waals surface area contributed by atoms with E-state index in [9.17, 15) is 0 Å². The molecule has 3 heterocycles. The zero-order valence-corrected chi connectivity index (χ0v) is 19.6. The molecule has 166 valence electrons. The Morgan fingerprint density at radius 3 is 2.58 bits per heavy atom. The predicted molar refractivity (Wildman–Crippen MR) is 129 cm³/mol. The molecule has 0 spiro atoms. The summed E-state index contributed by atoms with van der Waals surface area (Å²) in [5.74, 6) is 3.50. The second-order valence-corrected chi connectivity index (χ2v) is 8.87. The van der Waals surface area contributed by atoms with Crippen molar-refractivity contribution in [2.24, 2.45) is 0 Å². The quantitative estimate of drug-likeness (QED) is 0.256. The van der Waals surface area contributed by atoms with Crippen LogP contribution in [0.1, 0.15) is 5.69 Å². The number of thiophene rings is 1. The van der Waals surface area contributed by atoms with Crippen LogP contribution in [0, 0.1) is 0 Å². The second kappa shape index (κ2) is 9.51. The van der Waals surface area contributed by atoms with Crippen molar-refractivity contribution in [2.75, 3.05) is 14.2 Å². The van der Waals surface area contributed by atoms with Crippen molar-refractivity contribution in [3.63, 3.8) is 0 Å². The highest BCUT2D eigenvalue weighted by Gasteiger charge is 2.18. The molecular formula is C24H20N4O3S2. The highest BCUT2D eigenvalue weighted by Crippen LogP contribution is 2.32. The van der Waals surface area contributed by atoms with Crippen LogP contribution in [0.5, 0.6) is 11.5 Å². The largest absolute Gasteiger partial charge is 0.497 e. The number of hydrogen-bond donors (Lipinski definition) is 0. The molecule has 0 saturated heterocycles. The lowest BCUT2D eigenvalue weighted by atomic mass is 10.2. The Hall–Kier alpha value is -3.56. The maximum absolute atomic E-state index is 5.65. The van der Waals surface area contributed by atoms with Crippen molar-refractivity contribution in [1.29, 1.82) is 0 Å². The summed E-state index contributed by atoms with van der Waals surface area (Å²) in [6.07, 6.45) is 1.69. The standard InChI is InChI=1S/C24H20N4O3S2/c1-29-19-10-8-18(9-11-19)28-22(16-5-3-6-20(13-16)30-2)26-27-24(28)33-15-17-14-31-23(25-17)21-7-4-12-32-21/h3-14H,15H2,1-2H3. The first-order chi connectivity index (χ1) is 16.2. The van der Waals surface area contributed by atoms with E-state index in [0.29, 0.717) is 11.6 Å². The average molecular weight is 477 g/mol. The fourth-order valence-corrected chi connectivity index (χ4v) is 4.79. The van der Waals surface area contributed by atoms with Gasteiger partial charge < -0.3 is 13.9 Å². The number of aromatic nitrogens is 4. The topological polar surface area (TPSA) is 75.2 Å². The molecule has 0 aliphatic rings. The van der Waals surface area contributed by atoms with Gasteiger partial charge in [0.15, 0.2) is 11.0 Å². The SMILES string of the molecule is COc1ccc(-n2c(SCc3coc(-c4cccs4)n3)nnc2-c2cccc(OC)c2)cc1. The van der Waals surface area contributed by atoms with Crippen molar-refractivity contribution >= 4 is 23.1 Å². The van der Waals surface area contributed by atoms with Crippen LogP contribution in [0.4, 0.5) is 0 Å². The summed E-state index contributed by atoms with van der Waals surface area (Å²) in [5, 5.41) is 11.7. The normalized spacial score (nSPS) is 11.0. The summed E-state index contributed by atoms with van der Waals surface area (Å²) >= 11 is 3.15. The molecule has 5 aromatic rings. The Labute approximate surface area is 199 Å². The third-order valence-corrected chi connectivity index (χ3v) is 6.75. The van der Waals surface area contributed by atoms with Gasteiger partial charge in [-0.3, -0.25) is 4.57 Å². The van der Waals surface area contributed by atoms with Gasteiger partial charge in [-0.2, -0.15) is 0 Å². The van der Waals surface area contributed by atoms with E-state index in [0.717, 1.165) is 44.3 Å². The van der Waals surface area contributed by atoms with Gasteiger partial charge in [0.05, 0.1) is 24.8 Å². The molecule has 0 aliphatic carbocycles. The molecule has 0 N–H and O–H groups in total. The first-order valence-electron chi connectivity index (χ1n) is 10.1. The minimum atomic E-state index is 0.598. The summed E-state index contributed by atoms with van der Waals surface area (Å²) < 4.78 is 18.4. The number of methoxy groups -OCH3 is 2. The zero-order valence-electron chi connectivity index (χ0n) is 18.0. The lowest BCUT2D eigenvalue weighted by Gasteiger charge is -2.11. The Morgan fingerprint density at radius 1 is 0.970 bits per heavy atom. The van der Waals surface area contributed by atoms with Crippen LogP contribution in [0.3, 0.4) is 0 Å². The molecule has 0 amide bonds. The molecule has 0 fully saturated rings. The Bertz CT molecular complexity index is 1340. The lowest BCUT2D eigenvalue weighted by molar-refractivity contribution is 0.414. The van der Waals surface area contributed by atoms with Crippen LogP contribution >= 0.6 is 23.1 Å². The number of rotatable bonds is 8. The molecule has 0 aliphatic heterocycles. The third-order valence-electron chi connectivity index (χ3n) is 4.92. The van der Waals surface area contributed by atoms with Crippen molar-refractivity contribution in [3.05, 3.63) is 78.0 Å². The van der Waals surface area contributed by atoms with Gasteiger partial charge in [-0.1, -0.05) is 30.0 Å². The molecule has 0 unspecified atom stereocenters. The number of benzene rings is 2. The summed E-state index contributed by atoms with van der Waals surface area (Å²) in [4.78, 5) is 5.62. The van der Waals surface area contributed by atoms with Gasteiger partial charge in [0, 0.05) is 17.0 Å². The average Bonchev–Trinajstić information content (AvgIpc) is 3.63. The molecule has 0 bridgehead atoms. The van der Waals surface area contributed by atoms with Crippen molar-refractivity contribution in [1.82, 2.24) is 19.7 Å². The van der Waals surface area contributed by atoms with E-state index in [4.69, 9.17) is 13.9 Å². The van der Waals surface area contributed by atoms with E-state index in [2.05, 4.69) is 15.2 Å². The summed E-state index contributed by atoms with van der Waals surface area (Å²) in [6, 6.07) is 19.6. The predicted octanol–water partition coefficient (Wildman–Crippen LogP) is 5.96. The fraction of sp³-hybridized carbons (Fsp3) is 0.125. The minimum Gasteiger partial charge on any atom is -0.497 e. The van der Waals surface area contributed by atoms with Crippen molar-refractivity contribution in [2.45, 2.75) is 10.9 Å². The van der Waals surface area contributed by atoms with E-state index >= 15 is 0 Å². The number of nitrogens with zero attached hydrogens (tertiary/aromatic N) is 4. The van der Waals surface area contributed by atoms with E-state index < -0.39 is 0 Å². The first kappa shape index (κ1) is 21.3. The van der Waals surface area contributed by atoms with Gasteiger partial charge >= 0.3 is 0 Å². The van der Waals surface area contributed by atoms with Gasteiger partial charge in [0.25, 0.3) is 0 Å². The molecule has 0 atom stereocenters. The zero-order chi connectivity index (χ0) is 22.6. The van der Waals surface area contributed by atoms with Crippen molar-refractivity contribution in [3.8, 4) is 39.3 Å². The van der Waals surface area contributed by atoms with Gasteiger partial charge in [-0.25, -0.2) is 4.98 Å². The highest BCUT2D eigenvalue weighted by molar-refractivity contribution is 7.98. The molecule has 7 nitrogen and oxygen atoms in total. The summed E-state index contributed by atoms with van der Waals surface area (Å²) in [7, 11) is 3.30. The maximum Gasteiger partial charge on any atom is 0.236 e. The summed E-state index contributed by atoms with van der Waals surface area (Å²) in [5.41, 5.74) is 2.68. The van der Waals surface area contributed by atoms with Gasteiger partial charge in [-0.15, -0.1) is 21.5 Å². The minimum absolute atomic E-state index is 0.598. The molecule has 2 aromatic carbocycles. The highest BCUT2D eigenvalue weighted by atomic mass is 32.2. The van der Waals surface area contributed by atoms with Crippen LogP contribution in [-0.4, -0.2) is 34.0 Å². The fourth-order valence-electron chi connectivity index (χ4n) is 3.30. The third kappa shape index (κ3) is 4.50. The first-order valence-corrected chi connectivity index (χ1v) is 12.0. The van der Waals surface area contributed by atoms with Gasteiger partial charge in [0.1, 0.15) is 17.8 Å². The molecule has 0 saturated carbocycles. The number of hydrogen-bond acceptors (Lipinski definition) is 8. The lowest BCUT2D eigenvalue weighted by Crippen LogP contribution is -2.00. The number of oxazole rings is 1. The van der Waals surface area contributed by atoms with Gasteiger partial charge in [-0.05, 0) is 47.8 Å². The van der Waals surface area contributed by atoms with E-state index in [1.165, 1.54) is 0 Å². The van der Waals surface area contributed by atoms with Crippen LogP contribution < -0.4 is 9.47 Å². The van der Waals surface area contributed by atoms with E-state index in [1.807, 2.05) is 70.6 Å². The van der Waals surface area contributed by atoms with E-state index in [1.54, 1.807) is 43.6 Å². The van der Waals surface area contributed by atoms with Crippen molar-refractivity contribution < 1.29 is 13.9 Å². The smallest absolute Gasteiger partial charge is 0.236 e. The Morgan fingerprint density at radius 2 is 1.82 bits per heavy atom. The van der Waals surface area contributed by atoms with Crippen LogP contribution in [-0.2, 0) is 5.75 Å². The van der Waals surface area contributed by atoms with Crippen LogP contribution in [0.15, 0.2) is 81.9 Å². The van der Waals surface area contributed by atoms with Gasteiger partial charge in [0.2, 0.25) is 5.89 Å². The Balaban J connectivity index is 1.48. The molecule has 33 heavy (non-hydrogen) atoms. The number of ether oxygens (including phenoxy) is 2. The van der Waals surface area contributed by atoms with Crippen LogP contribution in [0.25, 0.3) is 27.8 Å². The maximum atomic E-state index is 5.65. The summed E-state index contributed by atoms with van der Waals surface area (Å²) in [6.45, 7) is 0. The molecule has 0 radical (unpaired) electrons. The molecule has 9 heteroatoms.